The molecule has 0 aliphatic heterocycles. The molecule has 0 aliphatic rings. The summed E-state index contributed by atoms with van der Waals surface area (Å²) in [7, 11) is 0. The molecule has 0 saturated carbocycles. The van der Waals surface area contributed by atoms with Crippen molar-refractivity contribution in [3.8, 4) is 11.4 Å². The van der Waals surface area contributed by atoms with Crippen LogP contribution in [0, 0.1) is 12.7 Å². The summed E-state index contributed by atoms with van der Waals surface area (Å²) in [5, 5.41) is 0. The van der Waals surface area contributed by atoms with Crippen LogP contribution in [-0.2, 0) is 0 Å². The number of aromatic nitrogens is 2. The van der Waals surface area contributed by atoms with Gasteiger partial charge in [0, 0.05) is 5.56 Å². The van der Waals surface area contributed by atoms with Gasteiger partial charge in [-0.25, -0.2) is 14.4 Å². The molecule has 1 aromatic heterocycles. The molecule has 2 N–H and O–H groups in total. The van der Waals surface area contributed by atoms with E-state index < -0.39 is 0 Å². The van der Waals surface area contributed by atoms with Gasteiger partial charge in [-0.1, -0.05) is 12.1 Å². The van der Waals surface area contributed by atoms with Crippen molar-refractivity contribution in [1.29, 1.82) is 0 Å². The molecular formula is C11H9BrFN3. The topological polar surface area (TPSA) is 51.8 Å². The molecule has 0 spiro atoms. The lowest BCUT2D eigenvalue weighted by molar-refractivity contribution is 0.628. The summed E-state index contributed by atoms with van der Waals surface area (Å²) in [5.74, 6) is 0.463. The lowest BCUT2D eigenvalue weighted by atomic mass is 10.2. The van der Waals surface area contributed by atoms with Crippen molar-refractivity contribution in [2.45, 2.75) is 6.92 Å². The molecule has 0 fully saturated rings. The van der Waals surface area contributed by atoms with E-state index in [1.54, 1.807) is 12.1 Å². The summed E-state index contributed by atoms with van der Waals surface area (Å²) in [5.41, 5.74) is 7.05. The fourth-order valence-electron chi connectivity index (χ4n) is 1.34. The number of hydrogen-bond donors (Lipinski definition) is 1. The van der Waals surface area contributed by atoms with E-state index in [2.05, 4.69) is 25.9 Å². The highest BCUT2D eigenvalue weighted by molar-refractivity contribution is 9.10. The van der Waals surface area contributed by atoms with Gasteiger partial charge in [0.15, 0.2) is 5.82 Å². The minimum atomic E-state index is -0.319. The first-order valence-corrected chi connectivity index (χ1v) is 5.43. The molecule has 0 atom stereocenters. The van der Waals surface area contributed by atoms with Crippen LogP contribution in [-0.4, -0.2) is 9.97 Å². The number of hydrogen-bond acceptors (Lipinski definition) is 3. The first-order valence-electron chi connectivity index (χ1n) is 4.63. The lowest BCUT2D eigenvalue weighted by Gasteiger charge is -2.05. The molecule has 0 bridgehead atoms. The number of nitrogen functional groups attached to an aromatic ring is 1. The Balaban J connectivity index is 2.57. The van der Waals surface area contributed by atoms with Crippen molar-refractivity contribution in [1.82, 2.24) is 9.97 Å². The lowest BCUT2D eigenvalue weighted by Crippen LogP contribution is -2.00. The summed E-state index contributed by atoms with van der Waals surface area (Å²) in [6.07, 6.45) is 0. The molecule has 82 valence electrons. The third-order valence-electron chi connectivity index (χ3n) is 2.13. The van der Waals surface area contributed by atoms with Gasteiger partial charge in [-0.05, 0) is 35.0 Å². The third-order valence-corrected chi connectivity index (χ3v) is 3.11. The van der Waals surface area contributed by atoms with E-state index in [9.17, 15) is 4.39 Å². The average Bonchev–Trinajstić information content (AvgIpc) is 2.25. The van der Waals surface area contributed by atoms with Crippen molar-refractivity contribution in [2.75, 3.05) is 5.73 Å². The van der Waals surface area contributed by atoms with Gasteiger partial charge in [0.1, 0.15) is 11.6 Å². The van der Waals surface area contributed by atoms with Crippen LogP contribution in [0.2, 0.25) is 0 Å². The number of aryl methyl sites for hydroxylation is 1. The molecule has 1 heterocycles. The fraction of sp³-hybridized carbons (Fsp3) is 0.0909. The van der Waals surface area contributed by atoms with E-state index >= 15 is 0 Å². The largest absolute Gasteiger partial charge is 0.383 e. The maximum atomic E-state index is 13.0. The first-order chi connectivity index (χ1) is 7.58. The molecule has 0 radical (unpaired) electrons. The maximum absolute atomic E-state index is 13.0. The molecule has 3 nitrogen and oxygen atoms in total. The molecular weight excluding hydrogens is 273 g/mol. The van der Waals surface area contributed by atoms with Crippen LogP contribution in [0.5, 0.6) is 0 Å². The predicted octanol–water partition coefficient (Wildman–Crippen LogP) is 2.94. The second-order valence-corrected chi connectivity index (χ2v) is 4.14. The van der Waals surface area contributed by atoms with Crippen molar-refractivity contribution in [2.24, 2.45) is 0 Å². The molecule has 2 rings (SSSR count). The van der Waals surface area contributed by atoms with Gasteiger partial charge in [-0.15, -0.1) is 0 Å². The summed E-state index contributed by atoms with van der Waals surface area (Å²) >= 11 is 3.28. The van der Waals surface area contributed by atoms with Crippen LogP contribution in [0.25, 0.3) is 11.4 Å². The molecule has 0 saturated heterocycles. The Morgan fingerprint density at radius 1 is 1.31 bits per heavy atom. The van der Waals surface area contributed by atoms with E-state index in [4.69, 9.17) is 5.73 Å². The minimum absolute atomic E-state index is 0.319. The van der Waals surface area contributed by atoms with E-state index in [0.717, 1.165) is 5.69 Å². The van der Waals surface area contributed by atoms with Gasteiger partial charge >= 0.3 is 0 Å². The highest BCUT2D eigenvalue weighted by Gasteiger charge is 2.08. The van der Waals surface area contributed by atoms with Crippen molar-refractivity contribution >= 4 is 21.7 Å². The summed E-state index contributed by atoms with van der Waals surface area (Å²) in [6, 6.07) is 6.10. The van der Waals surface area contributed by atoms with Crippen molar-refractivity contribution in [3.05, 3.63) is 40.2 Å². The Bertz CT molecular complexity index is 519. The van der Waals surface area contributed by atoms with Gasteiger partial charge in [0.2, 0.25) is 0 Å². The number of nitrogens with zero attached hydrogens (tertiary/aromatic N) is 2. The van der Waals surface area contributed by atoms with Gasteiger partial charge in [-0.2, -0.15) is 0 Å². The number of rotatable bonds is 1. The van der Waals surface area contributed by atoms with Gasteiger partial charge in [0.05, 0.1) is 10.2 Å². The first kappa shape index (κ1) is 11.0. The van der Waals surface area contributed by atoms with Crippen LogP contribution in [0.15, 0.2) is 28.7 Å². The highest BCUT2D eigenvalue weighted by atomic mass is 79.9. The second-order valence-electron chi connectivity index (χ2n) is 3.34. The van der Waals surface area contributed by atoms with Crippen LogP contribution in [0.1, 0.15) is 5.69 Å². The van der Waals surface area contributed by atoms with Crippen LogP contribution in [0.4, 0.5) is 10.2 Å². The quantitative estimate of drug-likeness (QED) is 0.874. The monoisotopic (exact) mass is 281 g/mol. The molecule has 0 amide bonds. The maximum Gasteiger partial charge on any atom is 0.161 e. The van der Waals surface area contributed by atoms with E-state index in [1.807, 2.05) is 6.92 Å². The summed E-state index contributed by atoms with van der Waals surface area (Å²) in [4.78, 5) is 8.34. The zero-order valence-electron chi connectivity index (χ0n) is 8.54. The molecule has 0 unspecified atom stereocenters. The third kappa shape index (κ3) is 2.04. The summed E-state index contributed by atoms with van der Waals surface area (Å²) < 4.78 is 13.7. The van der Waals surface area contributed by atoms with Crippen molar-refractivity contribution < 1.29 is 4.39 Å². The van der Waals surface area contributed by atoms with Gasteiger partial charge in [0.25, 0.3) is 0 Å². The molecule has 1 aromatic carbocycles. The van der Waals surface area contributed by atoms with Gasteiger partial charge < -0.3 is 5.73 Å². The van der Waals surface area contributed by atoms with Crippen LogP contribution >= 0.6 is 15.9 Å². The smallest absolute Gasteiger partial charge is 0.161 e. The summed E-state index contributed by atoms with van der Waals surface area (Å²) in [6.45, 7) is 1.81. The Morgan fingerprint density at radius 3 is 2.69 bits per heavy atom. The Kier molecular flexibility index (Phi) is 2.87. The number of anilines is 1. The normalized spacial score (nSPS) is 10.4. The fourth-order valence-corrected chi connectivity index (χ4v) is 1.52. The SMILES string of the molecule is Cc1nc(-c2cccc(F)c2)nc(N)c1Br. The zero-order valence-corrected chi connectivity index (χ0v) is 10.1. The van der Waals surface area contributed by atoms with Gasteiger partial charge in [-0.3, -0.25) is 0 Å². The zero-order chi connectivity index (χ0) is 11.7. The van der Waals surface area contributed by atoms with E-state index in [-0.39, 0.29) is 5.82 Å². The highest BCUT2D eigenvalue weighted by Crippen LogP contribution is 2.24. The van der Waals surface area contributed by atoms with Crippen molar-refractivity contribution in [3.63, 3.8) is 0 Å². The molecule has 0 aliphatic carbocycles. The minimum Gasteiger partial charge on any atom is -0.383 e. The number of halogens is 2. The Labute approximate surface area is 101 Å². The number of nitrogens with two attached hydrogens (primary N) is 1. The number of benzene rings is 1. The van der Waals surface area contributed by atoms with E-state index in [1.165, 1.54) is 12.1 Å². The molecule has 16 heavy (non-hydrogen) atoms. The molecule has 2 aromatic rings. The Morgan fingerprint density at radius 2 is 2.06 bits per heavy atom. The predicted molar refractivity (Wildman–Crippen MR) is 64.3 cm³/mol. The van der Waals surface area contributed by atoms with Crippen LogP contribution < -0.4 is 5.73 Å². The Hall–Kier alpha value is -1.49. The average molecular weight is 282 g/mol. The standard InChI is InChI=1S/C11H9BrFN3/c1-6-9(12)10(14)16-11(15-6)7-3-2-4-8(13)5-7/h2-5H,1H3,(H2,14,15,16). The van der Waals surface area contributed by atoms with E-state index in [0.29, 0.717) is 21.7 Å². The second kappa shape index (κ2) is 4.17. The molecule has 5 heteroatoms. The van der Waals surface area contributed by atoms with Crippen LogP contribution in [0.3, 0.4) is 0 Å².